The van der Waals surface area contributed by atoms with Crippen LogP contribution in [0, 0.1) is 0 Å². The van der Waals surface area contributed by atoms with Gasteiger partial charge in [-0.1, -0.05) is 48.1 Å². The summed E-state index contributed by atoms with van der Waals surface area (Å²) >= 11 is 20.4. The Balaban J connectivity index is 1.63. The number of aliphatic hydroxyl groups is 1. The van der Waals surface area contributed by atoms with Gasteiger partial charge in [-0.2, -0.15) is 18.7 Å². The van der Waals surface area contributed by atoms with Crippen LogP contribution < -0.4 is 15.7 Å². The molecule has 2 N–H and O–H groups in total. The number of hydrogen-bond acceptors (Lipinski definition) is 10. The van der Waals surface area contributed by atoms with Crippen molar-refractivity contribution in [2.45, 2.75) is 44.1 Å². The quantitative estimate of drug-likeness (QED) is 0.212. The lowest BCUT2D eigenvalue weighted by molar-refractivity contribution is -0.152. The molecule has 39 heavy (non-hydrogen) atoms. The third kappa shape index (κ3) is 7.67. The van der Waals surface area contributed by atoms with Crippen LogP contribution in [0.3, 0.4) is 0 Å². The number of pyridine rings is 1. The first-order valence-electron chi connectivity index (χ1n) is 11.1. The highest BCUT2D eigenvalue weighted by Gasteiger charge is 2.60. The molecule has 2 aromatic rings. The number of halogens is 6. The fourth-order valence-corrected chi connectivity index (χ4v) is 4.08. The Morgan fingerprint density at radius 2 is 1.97 bits per heavy atom. The molecule has 1 saturated heterocycles. The van der Waals surface area contributed by atoms with E-state index in [0.29, 0.717) is 11.0 Å². The maximum absolute atomic E-state index is 14.9. The van der Waals surface area contributed by atoms with Gasteiger partial charge in [-0.3, -0.25) is 9.88 Å². The number of rotatable bonds is 10. The predicted molar refractivity (Wildman–Crippen MR) is 137 cm³/mol. The molecule has 18 heteroatoms. The lowest BCUT2D eigenvalue weighted by atomic mass is 10.1. The summed E-state index contributed by atoms with van der Waals surface area (Å²) in [6.07, 6.45) is -5.09. The first-order valence-corrected chi connectivity index (χ1v) is 13.0. The highest BCUT2D eigenvalue weighted by atomic mass is 79.9. The zero-order valence-corrected chi connectivity index (χ0v) is 23.7. The Labute approximate surface area is 242 Å². The SMILES string of the molecule is CCCCOC(=O)Nc1nc(=O)n([C@@H]2O[C@H](COC(=O)COc3nc(Cl)c(Cl)cc3Cl)C(O)C2(F)F)cc1Br. The number of carbonyl (C=O) groups excluding carboxylic acids is 2. The first-order chi connectivity index (χ1) is 18.3. The molecule has 1 aliphatic rings. The van der Waals surface area contributed by atoms with Gasteiger partial charge in [-0.05, 0) is 28.4 Å². The predicted octanol–water partition coefficient (Wildman–Crippen LogP) is 4.23. The van der Waals surface area contributed by atoms with E-state index < -0.39 is 55.3 Å². The van der Waals surface area contributed by atoms with Crippen molar-refractivity contribution in [3.05, 3.63) is 42.4 Å². The van der Waals surface area contributed by atoms with E-state index in [0.717, 1.165) is 12.6 Å². The smallest absolute Gasteiger partial charge is 0.412 e. The molecule has 3 atom stereocenters. The number of aromatic nitrogens is 3. The third-order valence-electron chi connectivity index (χ3n) is 5.08. The number of carbonyl (C=O) groups is 2. The van der Waals surface area contributed by atoms with Crippen molar-refractivity contribution in [1.82, 2.24) is 14.5 Å². The van der Waals surface area contributed by atoms with Crippen LogP contribution in [0.2, 0.25) is 15.2 Å². The number of hydrogen-bond donors (Lipinski definition) is 2. The zero-order valence-electron chi connectivity index (χ0n) is 19.8. The van der Waals surface area contributed by atoms with Gasteiger partial charge in [0, 0.05) is 6.20 Å². The summed E-state index contributed by atoms with van der Waals surface area (Å²) < 4.78 is 50.1. The van der Waals surface area contributed by atoms with Gasteiger partial charge in [0.1, 0.15) is 17.7 Å². The van der Waals surface area contributed by atoms with E-state index >= 15 is 0 Å². The zero-order chi connectivity index (χ0) is 28.9. The summed E-state index contributed by atoms with van der Waals surface area (Å²) in [6, 6.07) is 1.24. The van der Waals surface area contributed by atoms with E-state index in [4.69, 9.17) is 53.8 Å². The van der Waals surface area contributed by atoms with E-state index in [-0.39, 0.29) is 38.0 Å². The fraction of sp³-hybridized carbons (Fsp3) is 0.476. The van der Waals surface area contributed by atoms with Crippen molar-refractivity contribution in [3.63, 3.8) is 0 Å². The van der Waals surface area contributed by atoms with Gasteiger partial charge in [0.25, 0.3) is 0 Å². The number of ether oxygens (including phenoxy) is 4. The molecular formula is C21H20BrCl3F2N4O8. The fourth-order valence-electron chi connectivity index (χ4n) is 3.12. The number of anilines is 1. The Morgan fingerprint density at radius 1 is 1.26 bits per heavy atom. The number of aliphatic hydroxyl groups excluding tert-OH is 1. The molecule has 0 radical (unpaired) electrons. The number of esters is 1. The van der Waals surface area contributed by atoms with E-state index in [9.17, 15) is 28.3 Å². The largest absolute Gasteiger partial charge is 0.465 e. The summed E-state index contributed by atoms with van der Waals surface area (Å²) in [4.78, 5) is 43.7. The normalized spacial score (nSPS) is 19.9. The van der Waals surface area contributed by atoms with Gasteiger partial charge in [0.05, 0.1) is 16.1 Å². The molecule has 1 aliphatic heterocycles. The maximum atomic E-state index is 14.9. The van der Waals surface area contributed by atoms with Gasteiger partial charge >= 0.3 is 23.7 Å². The summed E-state index contributed by atoms with van der Waals surface area (Å²) in [5.74, 6) is -5.54. The monoisotopic (exact) mass is 678 g/mol. The molecule has 1 amide bonds. The minimum atomic E-state index is -4.00. The minimum absolute atomic E-state index is 0.0472. The number of unbranched alkanes of at least 4 members (excludes halogenated alkanes) is 1. The minimum Gasteiger partial charge on any atom is -0.465 e. The summed E-state index contributed by atoms with van der Waals surface area (Å²) in [5.41, 5.74) is -1.23. The second-order valence-electron chi connectivity index (χ2n) is 7.91. The van der Waals surface area contributed by atoms with Crippen LogP contribution in [0.5, 0.6) is 5.88 Å². The van der Waals surface area contributed by atoms with Crippen LogP contribution in [0.1, 0.15) is 26.0 Å². The molecule has 0 aromatic carbocycles. The van der Waals surface area contributed by atoms with Crippen LogP contribution in [-0.4, -0.2) is 69.7 Å². The second kappa shape index (κ2) is 13.4. The molecule has 1 fully saturated rings. The maximum Gasteiger partial charge on any atom is 0.412 e. The van der Waals surface area contributed by atoms with Gasteiger partial charge in [0.15, 0.2) is 23.7 Å². The number of amides is 1. The average molecular weight is 681 g/mol. The van der Waals surface area contributed by atoms with Crippen LogP contribution in [0.4, 0.5) is 19.4 Å². The van der Waals surface area contributed by atoms with E-state index in [1.807, 2.05) is 6.92 Å². The van der Waals surface area contributed by atoms with Gasteiger partial charge in [-0.15, -0.1) is 0 Å². The van der Waals surface area contributed by atoms with Gasteiger partial charge in [-0.25, -0.2) is 14.4 Å². The van der Waals surface area contributed by atoms with E-state index in [1.54, 1.807) is 0 Å². The van der Waals surface area contributed by atoms with Crippen LogP contribution in [0.15, 0.2) is 21.5 Å². The topological polar surface area (TPSA) is 151 Å². The Kier molecular flexibility index (Phi) is 10.7. The molecule has 214 valence electrons. The number of nitrogens with one attached hydrogen (secondary N) is 1. The summed E-state index contributed by atoms with van der Waals surface area (Å²) in [7, 11) is 0. The Bertz CT molecular complexity index is 1290. The summed E-state index contributed by atoms with van der Waals surface area (Å²) in [5, 5.41) is 12.2. The van der Waals surface area contributed by atoms with Crippen LogP contribution in [-0.2, 0) is 19.0 Å². The van der Waals surface area contributed by atoms with Crippen molar-refractivity contribution in [2.75, 3.05) is 25.1 Å². The highest BCUT2D eigenvalue weighted by molar-refractivity contribution is 9.10. The van der Waals surface area contributed by atoms with Crippen molar-refractivity contribution in [3.8, 4) is 5.88 Å². The number of alkyl halides is 2. The standard InChI is InChI=1S/C21H20BrCl3F2N4O8/c1-2-3-4-36-20(35)30-16-9(22)6-31(19(34)29-16)18-21(26,27)14(33)12(39-18)7-37-13(32)8-38-17-11(24)5-10(23)15(25)28-17/h5-6,12,14,18,33H,2-4,7-8H2,1H3,(H,29,30,34,35)/t12-,14?,18-/m1/s1. The van der Waals surface area contributed by atoms with Gasteiger partial charge in [0.2, 0.25) is 12.1 Å². The van der Waals surface area contributed by atoms with Crippen LogP contribution in [0.25, 0.3) is 0 Å². The average Bonchev–Trinajstić information content (AvgIpc) is 3.09. The molecule has 1 unspecified atom stereocenters. The molecule has 12 nitrogen and oxygen atoms in total. The van der Waals surface area contributed by atoms with E-state index in [1.165, 1.54) is 6.07 Å². The highest BCUT2D eigenvalue weighted by Crippen LogP contribution is 2.42. The molecule has 3 rings (SSSR count). The molecule has 2 aromatic heterocycles. The summed E-state index contributed by atoms with van der Waals surface area (Å²) in [6.45, 7) is 0.479. The number of nitrogens with zero attached hydrogens (tertiary/aromatic N) is 3. The lowest BCUT2D eigenvalue weighted by Crippen LogP contribution is -2.42. The van der Waals surface area contributed by atoms with Crippen molar-refractivity contribution in [1.29, 1.82) is 0 Å². The lowest BCUT2D eigenvalue weighted by Gasteiger charge is -2.21. The Morgan fingerprint density at radius 3 is 2.67 bits per heavy atom. The van der Waals surface area contributed by atoms with Crippen molar-refractivity contribution < 1.29 is 42.4 Å². The molecule has 0 aliphatic carbocycles. The first kappa shape index (κ1) is 31.2. The molecule has 0 saturated carbocycles. The third-order valence-corrected chi connectivity index (χ3v) is 6.60. The molecule has 0 spiro atoms. The van der Waals surface area contributed by atoms with Gasteiger partial charge < -0.3 is 24.1 Å². The Hall–Kier alpha value is -2.30. The van der Waals surface area contributed by atoms with Crippen molar-refractivity contribution >= 4 is 68.6 Å². The van der Waals surface area contributed by atoms with E-state index in [2.05, 4.69) is 31.2 Å². The van der Waals surface area contributed by atoms with Crippen LogP contribution >= 0.6 is 50.7 Å². The molecular weight excluding hydrogens is 661 g/mol. The molecule has 0 bridgehead atoms. The molecule has 3 heterocycles. The second-order valence-corrected chi connectivity index (χ2v) is 9.93. The van der Waals surface area contributed by atoms with Crippen molar-refractivity contribution in [2.24, 2.45) is 0 Å².